The summed E-state index contributed by atoms with van der Waals surface area (Å²) >= 11 is 1.34. The second-order valence-electron chi connectivity index (χ2n) is 5.49. The number of aromatic nitrogens is 4. The maximum Gasteiger partial charge on any atom is 0.261 e. The standard InChI is InChI=1S/C14H19N5OS/c1-9-12(10(2)21-18-9)13(20)16-14-15-8-19(17-14)11-6-4-3-5-7-11/h8,11H,3-7H2,1-2H3,(H,16,17,20). The molecule has 1 N–H and O–H groups in total. The molecular formula is C14H19N5OS. The smallest absolute Gasteiger partial charge is 0.261 e. The van der Waals surface area contributed by atoms with Gasteiger partial charge >= 0.3 is 0 Å². The third-order valence-electron chi connectivity index (χ3n) is 3.94. The van der Waals surface area contributed by atoms with Crippen LogP contribution in [-0.2, 0) is 0 Å². The van der Waals surface area contributed by atoms with Crippen LogP contribution in [0.15, 0.2) is 6.33 Å². The van der Waals surface area contributed by atoms with Crippen molar-refractivity contribution in [3.05, 3.63) is 22.5 Å². The SMILES string of the molecule is Cc1nsc(C)c1C(=O)Nc1ncn(C2CCCCC2)n1. The molecule has 1 saturated carbocycles. The summed E-state index contributed by atoms with van der Waals surface area (Å²) in [5, 5.41) is 7.17. The van der Waals surface area contributed by atoms with Gasteiger partial charge in [-0.05, 0) is 38.2 Å². The van der Waals surface area contributed by atoms with Gasteiger partial charge in [0.2, 0.25) is 5.95 Å². The van der Waals surface area contributed by atoms with Crippen molar-refractivity contribution in [1.82, 2.24) is 19.1 Å². The van der Waals surface area contributed by atoms with E-state index in [1.54, 1.807) is 6.33 Å². The molecule has 0 aliphatic heterocycles. The number of anilines is 1. The molecule has 0 atom stereocenters. The van der Waals surface area contributed by atoms with E-state index < -0.39 is 0 Å². The van der Waals surface area contributed by atoms with Crippen LogP contribution < -0.4 is 5.32 Å². The van der Waals surface area contributed by atoms with Crippen molar-refractivity contribution < 1.29 is 4.79 Å². The zero-order chi connectivity index (χ0) is 14.8. The molecule has 1 fully saturated rings. The van der Waals surface area contributed by atoms with Crippen LogP contribution in [0.4, 0.5) is 5.95 Å². The van der Waals surface area contributed by atoms with Crippen LogP contribution in [0.5, 0.6) is 0 Å². The molecule has 7 heteroatoms. The summed E-state index contributed by atoms with van der Waals surface area (Å²) in [5.74, 6) is 0.190. The molecule has 2 heterocycles. The molecule has 0 saturated heterocycles. The molecule has 0 aromatic carbocycles. The maximum absolute atomic E-state index is 12.3. The highest BCUT2D eigenvalue weighted by atomic mass is 32.1. The molecule has 1 aliphatic carbocycles. The minimum absolute atomic E-state index is 0.180. The van der Waals surface area contributed by atoms with Gasteiger partial charge in [0.25, 0.3) is 5.91 Å². The quantitative estimate of drug-likeness (QED) is 0.945. The number of aryl methyl sites for hydroxylation is 2. The Hall–Kier alpha value is -1.76. The van der Waals surface area contributed by atoms with Gasteiger partial charge in [-0.15, -0.1) is 5.10 Å². The van der Waals surface area contributed by atoms with Gasteiger partial charge in [0, 0.05) is 4.88 Å². The van der Waals surface area contributed by atoms with Gasteiger partial charge in [-0.3, -0.25) is 10.1 Å². The van der Waals surface area contributed by atoms with Crippen molar-refractivity contribution in [2.45, 2.75) is 52.0 Å². The molecule has 1 amide bonds. The lowest BCUT2D eigenvalue weighted by Crippen LogP contribution is -2.16. The first-order valence-electron chi connectivity index (χ1n) is 7.30. The summed E-state index contributed by atoms with van der Waals surface area (Å²) in [6.45, 7) is 3.74. The topological polar surface area (TPSA) is 72.7 Å². The number of hydrogen-bond donors (Lipinski definition) is 1. The van der Waals surface area contributed by atoms with Crippen LogP contribution in [0.3, 0.4) is 0 Å². The van der Waals surface area contributed by atoms with E-state index in [2.05, 4.69) is 19.8 Å². The first-order chi connectivity index (χ1) is 10.1. The summed E-state index contributed by atoms with van der Waals surface area (Å²) in [7, 11) is 0. The molecule has 112 valence electrons. The van der Waals surface area contributed by atoms with E-state index in [0.29, 0.717) is 17.6 Å². The predicted octanol–water partition coefficient (Wildman–Crippen LogP) is 3.11. The number of hydrogen-bond acceptors (Lipinski definition) is 5. The summed E-state index contributed by atoms with van der Waals surface area (Å²) < 4.78 is 6.08. The van der Waals surface area contributed by atoms with Crippen LogP contribution in [0, 0.1) is 13.8 Å². The van der Waals surface area contributed by atoms with E-state index in [0.717, 1.165) is 23.4 Å². The zero-order valence-electron chi connectivity index (χ0n) is 12.3. The van der Waals surface area contributed by atoms with Crippen molar-refractivity contribution in [2.24, 2.45) is 0 Å². The van der Waals surface area contributed by atoms with Gasteiger partial charge in [-0.25, -0.2) is 9.67 Å². The Bertz CT molecular complexity index is 622. The van der Waals surface area contributed by atoms with Crippen LogP contribution in [0.1, 0.15) is 59.1 Å². The fraction of sp³-hybridized carbons (Fsp3) is 0.571. The minimum atomic E-state index is -0.180. The van der Waals surface area contributed by atoms with Gasteiger partial charge < -0.3 is 0 Å². The van der Waals surface area contributed by atoms with E-state index in [1.165, 1.54) is 30.8 Å². The molecule has 0 bridgehead atoms. The average Bonchev–Trinajstić information content (AvgIpc) is 3.07. The highest BCUT2D eigenvalue weighted by Gasteiger charge is 2.19. The lowest BCUT2D eigenvalue weighted by atomic mass is 9.96. The number of carbonyl (C=O) groups excluding carboxylic acids is 1. The van der Waals surface area contributed by atoms with E-state index in [9.17, 15) is 4.79 Å². The second-order valence-corrected chi connectivity index (χ2v) is 6.47. The van der Waals surface area contributed by atoms with Crippen LogP contribution in [0.25, 0.3) is 0 Å². The largest absolute Gasteiger partial charge is 0.289 e. The third kappa shape index (κ3) is 2.97. The molecule has 2 aromatic heterocycles. The Morgan fingerprint density at radius 2 is 2.10 bits per heavy atom. The molecular weight excluding hydrogens is 286 g/mol. The van der Waals surface area contributed by atoms with E-state index >= 15 is 0 Å². The predicted molar refractivity (Wildman–Crippen MR) is 81.7 cm³/mol. The molecule has 2 aromatic rings. The van der Waals surface area contributed by atoms with Crippen molar-refractivity contribution in [1.29, 1.82) is 0 Å². The van der Waals surface area contributed by atoms with Crippen molar-refractivity contribution in [3.63, 3.8) is 0 Å². The maximum atomic E-state index is 12.3. The molecule has 3 rings (SSSR count). The summed E-state index contributed by atoms with van der Waals surface area (Å²) in [4.78, 5) is 17.4. The van der Waals surface area contributed by atoms with Crippen LogP contribution in [0.2, 0.25) is 0 Å². The lowest BCUT2D eigenvalue weighted by Gasteiger charge is -2.21. The van der Waals surface area contributed by atoms with Crippen molar-refractivity contribution in [2.75, 3.05) is 5.32 Å². The highest BCUT2D eigenvalue weighted by molar-refractivity contribution is 7.06. The van der Waals surface area contributed by atoms with E-state index in [1.807, 2.05) is 18.5 Å². The summed E-state index contributed by atoms with van der Waals surface area (Å²) in [5.41, 5.74) is 1.38. The second kappa shape index (κ2) is 5.93. The first kappa shape index (κ1) is 14.2. The Kier molecular flexibility index (Phi) is 4.01. The van der Waals surface area contributed by atoms with Gasteiger partial charge in [-0.2, -0.15) is 4.37 Å². The Morgan fingerprint density at radius 3 is 2.76 bits per heavy atom. The molecule has 6 nitrogen and oxygen atoms in total. The Morgan fingerprint density at radius 1 is 1.33 bits per heavy atom. The monoisotopic (exact) mass is 305 g/mol. The molecule has 21 heavy (non-hydrogen) atoms. The molecule has 0 unspecified atom stereocenters. The van der Waals surface area contributed by atoms with Gasteiger partial charge in [0.1, 0.15) is 6.33 Å². The van der Waals surface area contributed by atoms with Crippen molar-refractivity contribution >= 4 is 23.4 Å². The van der Waals surface area contributed by atoms with Gasteiger partial charge in [0.05, 0.1) is 17.3 Å². The fourth-order valence-corrected chi connectivity index (χ4v) is 3.52. The third-order valence-corrected chi connectivity index (χ3v) is 4.79. The van der Waals surface area contributed by atoms with E-state index in [4.69, 9.17) is 0 Å². The summed E-state index contributed by atoms with van der Waals surface area (Å²) in [6, 6.07) is 0.420. The van der Waals surface area contributed by atoms with Gasteiger partial charge in [0.15, 0.2) is 0 Å². The number of amides is 1. The number of carbonyl (C=O) groups is 1. The summed E-state index contributed by atoms with van der Waals surface area (Å²) in [6.07, 6.45) is 7.79. The Labute approximate surface area is 127 Å². The number of nitrogens with one attached hydrogen (secondary N) is 1. The lowest BCUT2D eigenvalue weighted by molar-refractivity contribution is 0.102. The number of nitrogens with zero attached hydrogens (tertiary/aromatic N) is 4. The zero-order valence-corrected chi connectivity index (χ0v) is 13.1. The average molecular weight is 305 g/mol. The first-order valence-corrected chi connectivity index (χ1v) is 8.08. The minimum Gasteiger partial charge on any atom is -0.289 e. The normalized spacial score (nSPS) is 16.1. The van der Waals surface area contributed by atoms with Crippen molar-refractivity contribution in [3.8, 4) is 0 Å². The molecule has 1 aliphatic rings. The highest BCUT2D eigenvalue weighted by Crippen LogP contribution is 2.27. The van der Waals surface area contributed by atoms with Gasteiger partial charge in [-0.1, -0.05) is 19.3 Å². The number of rotatable bonds is 3. The Balaban J connectivity index is 1.71. The van der Waals surface area contributed by atoms with Crippen LogP contribution >= 0.6 is 11.5 Å². The molecule has 0 spiro atoms. The molecule has 0 radical (unpaired) electrons. The fourth-order valence-electron chi connectivity index (χ4n) is 2.82. The van der Waals surface area contributed by atoms with E-state index in [-0.39, 0.29) is 5.91 Å². The van der Waals surface area contributed by atoms with Crippen LogP contribution in [-0.4, -0.2) is 25.0 Å².